The maximum atomic E-state index is 11.6. The lowest BCUT2D eigenvalue weighted by molar-refractivity contribution is -0.120. The van der Waals surface area contributed by atoms with E-state index in [1.807, 2.05) is 0 Å². The van der Waals surface area contributed by atoms with Crippen molar-refractivity contribution in [2.45, 2.75) is 77.7 Å². The van der Waals surface area contributed by atoms with Crippen LogP contribution in [0.5, 0.6) is 0 Å². The van der Waals surface area contributed by atoms with E-state index in [9.17, 15) is 4.79 Å². The number of hydrogen-bond acceptors (Lipinski definition) is 2. The summed E-state index contributed by atoms with van der Waals surface area (Å²) in [6, 6.07) is -0.198. The van der Waals surface area contributed by atoms with Gasteiger partial charge in [0.1, 0.15) is 5.78 Å². The minimum atomic E-state index is -0.198. The zero-order valence-corrected chi connectivity index (χ0v) is 10.4. The fraction of sp³-hybridized carbons (Fsp3) is 0.923. The van der Waals surface area contributed by atoms with Crippen LogP contribution in [0.3, 0.4) is 0 Å². The number of carbonyl (C=O) groups excluding carboxylic acids is 1. The zero-order chi connectivity index (χ0) is 11.5. The Morgan fingerprint density at radius 3 is 2.20 bits per heavy atom. The third-order valence-electron chi connectivity index (χ3n) is 2.81. The van der Waals surface area contributed by atoms with Crippen LogP contribution >= 0.6 is 0 Å². The third kappa shape index (κ3) is 8.61. The van der Waals surface area contributed by atoms with E-state index in [-0.39, 0.29) is 11.8 Å². The summed E-state index contributed by atoms with van der Waals surface area (Å²) in [5, 5.41) is 0. The second-order valence-electron chi connectivity index (χ2n) is 4.38. The Morgan fingerprint density at radius 2 is 1.60 bits per heavy atom. The molecule has 0 bridgehead atoms. The van der Waals surface area contributed by atoms with Crippen molar-refractivity contribution in [3.05, 3.63) is 0 Å². The number of ketones is 1. The number of nitrogens with two attached hydrogens (primary N) is 1. The molecule has 0 spiro atoms. The average molecular weight is 213 g/mol. The molecule has 0 aromatic heterocycles. The van der Waals surface area contributed by atoms with Gasteiger partial charge in [0.2, 0.25) is 0 Å². The highest BCUT2D eigenvalue weighted by atomic mass is 16.1. The molecule has 0 fully saturated rings. The van der Waals surface area contributed by atoms with Crippen molar-refractivity contribution in [1.82, 2.24) is 0 Å². The van der Waals surface area contributed by atoms with Crippen molar-refractivity contribution >= 4 is 5.78 Å². The number of Topliss-reactive ketones (excluding diaryl/α,β-unsaturated/α-hetero) is 1. The fourth-order valence-electron chi connectivity index (χ4n) is 1.67. The average Bonchev–Trinajstić information content (AvgIpc) is 2.25. The summed E-state index contributed by atoms with van der Waals surface area (Å²) in [6.07, 6.45) is 9.76. The largest absolute Gasteiger partial charge is 0.322 e. The predicted molar refractivity (Wildman–Crippen MR) is 65.9 cm³/mol. The first-order valence-electron chi connectivity index (χ1n) is 6.50. The minimum Gasteiger partial charge on any atom is -0.322 e. The van der Waals surface area contributed by atoms with Crippen LogP contribution in [0.2, 0.25) is 0 Å². The Bertz CT molecular complexity index is 157. The summed E-state index contributed by atoms with van der Waals surface area (Å²) in [5.41, 5.74) is 5.79. The van der Waals surface area contributed by atoms with Crippen molar-refractivity contribution in [2.75, 3.05) is 0 Å². The molecule has 0 aliphatic carbocycles. The van der Waals surface area contributed by atoms with Crippen molar-refractivity contribution in [3.63, 3.8) is 0 Å². The molecule has 0 aromatic rings. The van der Waals surface area contributed by atoms with E-state index in [1.165, 1.54) is 25.7 Å². The van der Waals surface area contributed by atoms with Gasteiger partial charge in [-0.1, -0.05) is 52.4 Å². The Labute approximate surface area is 94.6 Å². The summed E-state index contributed by atoms with van der Waals surface area (Å²) >= 11 is 0. The highest BCUT2D eigenvalue weighted by Crippen LogP contribution is 2.08. The molecular formula is C13H27NO. The molecule has 0 aliphatic rings. The van der Waals surface area contributed by atoms with Crippen LogP contribution < -0.4 is 5.73 Å². The SMILES string of the molecule is CCCCCCCC(=O)C(N)CCCC. The van der Waals surface area contributed by atoms with Gasteiger partial charge in [0.25, 0.3) is 0 Å². The molecule has 0 aliphatic heterocycles. The standard InChI is InChI=1S/C13H27NO/c1-3-5-7-8-9-11-13(15)12(14)10-6-4-2/h12H,3-11,14H2,1-2H3. The maximum absolute atomic E-state index is 11.6. The summed E-state index contributed by atoms with van der Waals surface area (Å²) in [4.78, 5) is 11.6. The monoisotopic (exact) mass is 213 g/mol. The number of unbranched alkanes of at least 4 members (excludes halogenated alkanes) is 5. The lowest BCUT2D eigenvalue weighted by atomic mass is 10.0. The van der Waals surface area contributed by atoms with Gasteiger partial charge in [-0.25, -0.2) is 0 Å². The first-order chi connectivity index (χ1) is 7.22. The van der Waals surface area contributed by atoms with E-state index >= 15 is 0 Å². The van der Waals surface area contributed by atoms with Crippen LogP contribution in [0, 0.1) is 0 Å². The van der Waals surface area contributed by atoms with Gasteiger partial charge < -0.3 is 5.73 Å². The van der Waals surface area contributed by atoms with Gasteiger partial charge in [-0.05, 0) is 12.8 Å². The van der Waals surface area contributed by atoms with Crippen LogP contribution in [0.1, 0.15) is 71.6 Å². The van der Waals surface area contributed by atoms with Crippen LogP contribution in [0.25, 0.3) is 0 Å². The summed E-state index contributed by atoms with van der Waals surface area (Å²) in [5.74, 6) is 0.264. The molecule has 0 heterocycles. The lowest BCUT2D eigenvalue weighted by Gasteiger charge is -2.09. The molecule has 0 rings (SSSR count). The van der Waals surface area contributed by atoms with Crippen LogP contribution in [-0.2, 0) is 4.79 Å². The van der Waals surface area contributed by atoms with Crippen molar-refractivity contribution in [2.24, 2.45) is 5.73 Å². The molecule has 0 radical (unpaired) electrons. The lowest BCUT2D eigenvalue weighted by Crippen LogP contribution is -2.30. The zero-order valence-electron chi connectivity index (χ0n) is 10.4. The molecule has 0 aromatic carbocycles. The predicted octanol–water partition coefficient (Wildman–Crippen LogP) is 3.43. The van der Waals surface area contributed by atoms with Gasteiger partial charge in [0.05, 0.1) is 6.04 Å². The third-order valence-corrected chi connectivity index (χ3v) is 2.81. The number of carbonyl (C=O) groups is 1. The maximum Gasteiger partial charge on any atom is 0.149 e. The molecule has 15 heavy (non-hydrogen) atoms. The van der Waals surface area contributed by atoms with E-state index in [2.05, 4.69) is 13.8 Å². The second-order valence-corrected chi connectivity index (χ2v) is 4.38. The van der Waals surface area contributed by atoms with E-state index in [1.54, 1.807) is 0 Å². The highest BCUT2D eigenvalue weighted by molar-refractivity contribution is 5.83. The van der Waals surface area contributed by atoms with Crippen LogP contribution in [-0.4, -0.2) is 11.8 Å². The Hall–Kier alpha value is -0.370. The van der Waals surface area contributed by atoms with E-state index in [0.717, 1.165) is 25.7 Å². The first-order valence-corrected chi connectivity index (χ1v) is 6.50. The van der Waals surface area contributed by atoms with Crippen molar-refractivity contribution < 1.29 is 4.79 Å². The Kier molecular flexibility index (Phi) is 9.91. The summed E-state index contributed by atoms with van der Waals surface area (Å²) < 4.78 is 0. The van der Waals surface area contributed by atoms with Crippen LogP contribution in [0.4, 0.5) is 0 Å². The highest BCUT2D eigenvalue weighted by Gasteiger charge is 2.11. The number of hydrogen-bond donors (Lipinski definition) is 1. The van der Waals surface area contributed by atoms with Gasteiger partial charge in [-0.2, -0.15) is 0 Å². The molecule has 0 amide bonds. The molecule has 2 nitrogen and oxygen atoms in total. The molecular weight excluding hydrogens is 186 g/mol. The molecule has 2 N–H and O–H groups in total. The van der Waals surface area contributed by atoms with Gasteiger partial charge in [-0.3, -0.25) is 4.79 Å². The molecule has 0 saturated carbocycles. The molecule has 1 unspecified atom stereocenters. The molecule has 0 saturated heterocycles. The van der Waals surface area contributed by atoms with E-state index in [0.29, 0.717) is 6.42 Å². The van der Waals surface area contributed by atoms with E-state index < -0.39 is 0 Å². The number of rotatable bonds is 10. The van der Waals surface area contributed by atoms with E-state index in [4.69, 9.17) is 5.73 Å². The topological polar surface area (TPSA) is 43.1 Å². The Morgan fingerprint density at radius 1 is 1.00 bits per heavy atom. The van der Waals surface area contributed by atoms with Gasteiger partial charge in [-0.15, -0.1) is 0 Å². The van der Waals surface area contributed by atoms with Gasteiger partial charge in [0.15, 0.2) is 0 Å². The molecule has 1 atom stereocenters. The fourth-order valence-corrected chi connectivity index (χ4v) is 1.67. The quantitative estimate of drug-likeness (QED) is 0.565. The van der Waals surface area contributed by atoms with Crippen molar-refractivity contribution in [1.29, 1.82) is 0 Å². The molecule has 90 valence electrons. The second kappa shape index (κ2) is 10.2. The van der Waals surface area contributed by atoms with Gasteiger partial charge in [0, 0.05) is 6.42 Å². The molecule has 2 heteroatoms. The van der Waals surface area contributed by atoms with Gasteiger partial charge >= 0.3 is 0 Å². The van der Waals surface area contributed by atoms with Crippen molar-refractivity contribution in [3.8, 4) is 0 Å². The normalized spacial score (nSPS) is 12.7. The van der Waals surface area contributed by atoms with Crippen LogP contribution in [0.15, 0.2) is 0 Å². The summed E-state index contributed by atoms with van der Waals surface area (Å²) in [7, 11) is 0. The Balaban J connectivity index is 3.38. The summed E-state index contributed by atoms with van der Waals surface area (Å²) in [6.45, 7) is 4.33. The smallest absolute Gasteiger partial charge is 0.149 e. The first kappa shape index (κ1) is 14.6. The minimum absolute atomic E-state index is 0.198.